The minimum absolute atomic E-state index is 0.00735. The summed E-state index contributed by atoms with van der Waals surface area (Å²) >= 11 is 1.05. The van der Waals surface area contributed by atoms with E-state index in [9.17, 15) is 19.5 Å². The van der Waals surface area contributed by atoms with E-state index in [1.807, 2.05) is 20.8 Å². The summed E-state index contributed by atoms with van der Waals surface area (Å²) < 4.78 is 5.25. The number of amides is 2. The van der Waals surface area contributed by atoms with Crippen molar-refractivity contribution in [2.75, 3.05) is 31.6 Å². The molecule has 1 aromatic rings. The largest absolute Gasteiger partial charge is 0.477 e. The molecule has 1 saturated carbocycles. The molecular weight excluding hydrogens is 440 g/mol. The zero-order valence-corrected chi connectivity index (χ0v) is 21.0. The summed E-state index contributed by atoms with van der Waals surface area (Å²) in [5, 5.41) is 9.86. The van der Waals surface area contributed by atoms with E-state index < -0.39 is 5.97 Å². The number of rotatable bonds is 6. The third-order valence-electron chi connectivity index (χ3n) is 6.22. The lowest BCUT2D eigenvalue weighted by Crippen LogP contribution is -2.57. The van der Waals surface area contributed by atoms with Crippen molar-refractivity contribution >= 4 is 34.8 Å². The molecule has 0 aromatic carbocycles. The number of anilines is 1. The molecule has 2 heterocycles. The molecule has 1 aliphatic heterocycles. The van der Waals surface area contributed by atoms with Crippen LogP contribution in [0.1, 0.15) is 67.9 Å². The maximum absolute atomic E-state index is 13.6. The lowest BCUT2D eigenvalue weighted by atomic mass is 9.82. The fourth-order valence-corrected chi connectivity index (χ4v) is 4.93. The number of carbonyl (C=O) groups excluding carboxylic acids is 2. The van der Waals surface area contributed by atoms with Crippen molar-refractivity contribution in [1.29, 1.82) is 0 Å². The second-order valence-corrected chi connectivity index (χ2v) is 11.2. The van der Waals surface area contributed by atoms with Crippen LogP contribution in [0.3, 0.4) is 0 Å². The summed E-state index contributed by atoms with van der Waals surface area (Å²) in [7, 11) is 1.61. The number of carbonyl (C=O) groups is 3. The fraction of sp³-hybridized carbons (Fsp3) is 0.640. The van der Waals surface area contributed by atoms with Gasteiger partial charge in [0.05, 0.1) is 16.7 Å². The Morgan fingerprint density at radius 1 is 1.21 bits per heavy atom. The number of hydrogen-bond donors (Lipinski definition) is 1. The van der Waals surface area contributed by atoms with Crippen LogP contribution in [-0.4, -0.2) is 60.6 Å². The van der Waals surface area contributed by atoms with Crippen molar-refractivity contribution in [3.63, 3.8) is 0 Å². The Morgan fingerprint density at radius 2 is 1.85 bits per heavy atom. The van der Waals surface area contributed by atoms with Crippen LogP contribution in [-0.2, 0) is 14.3 Å². The Kier molecular flexibility index (Phi) is 7.86. The lowest BCUT2D eigenvalue weighted by molar-refractivity contribution is -0.142. The standard InChI is InChI=1S/C25H34N2O5S/c1-16-6-8-17(9-7-16)23(29)27(15-21(28)26-13-18(14-26)32-5)20-12-19(10-11-25(2,3)4)33-22(20)24(30)31/h12,16-18H,6-9,13-15H2,1-5H3,(H,30,31)/t16-,17-. The maximum atomic E-state index is 13.6. The first-order valence-electron chi connectivity index (χ1n) is 11.5. The van der Waals surface area contributed by atoms with Gasteiger partial charge in [0, 0.05) is 31.5 Å². The highest BCUT2D eigenvalue weighted by atomic mass is 32.1. The quantitative estimate of drug-likeness (QED) is 0.633. The van der Waals surface area contributed by atoms with Gasteiger partial charge in [0.15, 0.2) is 0 Å². The molecule has 2 amide bonds. The number of ether oxygens (including phenoxy) is 1. The highest BCUT2D eigenvalue weighted by Crippen LogP contribution is 2.35. The first kappa shape index (κ1) is 25.3. The zero-order valence-electron chi connectivity index (χ0n) is 20.1. The van der Waals surface area contributed by atoms with Crippen molar-refractivity contribution in [3.8, 4) is 11.8 Å². The molecular formula is C25H34N2O5S. The van der Waals surface area contributed by atoms with Gasteiger partial charge in [0.2, 0.25) is 11.8 Å². The molecule has 1 aliphatic carbocycles. The highest BCUT2D eigenvalue weighted by Gasteiger charge is 2.36. The average Bonchev–Trinajstić information content (AvgIpc) is 3.14. The maximum Gasteiger partial charge on any atom is 0.348 e. The van der Waals surface area contributed by atoms with Gasteiger partial charge in [-0.1, -0.05) is 18.8 Å². The number of likely N-dealkylation sites (tertiary alicyclic amines) is 1. The van der Waals surface area contributed by atoms with E-state index in [0.29, 0.717) is 23.9 Å². The summed E-state index contributed by atoms with van der Waals surface area (Å²) in [6.45, 7) is 8.90. The minimum Gasteiger partial charge on any atom is -0.477 e. The number of methoxy groups -OCH3 is 1. The summed E-state index contributed by atoms with van der Waals surface area (Å²) in [4.78, 5) is 42.3. The third-order valence-corrected chi connectivity index (χ3v) is 7.24. The lowest BCUT2D eigenvalue weighted by Gasteiger charge is -2.39. The number of thiophene rings is 1. The molecule has 8 heteroatoms. The Morgan fingerprint density at radius 3 is 2.39 bits per heavy atom. The van der Waals surface area contributed by atoms with Crippen LogP contribution in [0.4, 0.5) is 5.69 Å². The summed E-state index contributed by atoms with van der Waals surface area (Å²) in [6, 6.07) is 1.65. The topological polar surface area (TPSA) is 87.2 Å². The van der Waals surface area contributed by atoms with Gasteiger partial charge in [-0.2, -0.15) is 0 Å². The molecule has 3 rings (SSSR count). The van der Waals surface area contributed by atoms with Gasteiger partial charge in [0.1, 0.15) is 11.4 Å². The second-order valence-electron chi connectivity index (χ2n) is 10.2. The predicted octanol–water partition coefficient (Wildman–Crippen LogP) is 3.86. The average molecular weight is 475 g/mol. The van der Waals surface area contributed by atoms with Gasteiger partial charge < -0.3 is 19.6 Å². The zero-order chi connectivity index (χ0) is 24.3. The first-order chi connectivity index (χ1) is 15.5. The molecule has 0 spiro atoms. The molecule has 0 bridgehead atoms. The normalized spacial score (nSPS) is 21.1. The molecule has 180 valence electrons. The van der Waals surface area contributed by atoms with Gasteiger partial charge >= 0.3 is 5.97 Å². The van der Waals surface area contributed by atoms with E-state index in [4.69, 9.17) is 4.74 Å². The summed E-state index contributed by atoms with van der Waals surface area (Å²) in [5.74, 6) is 5.04. The molecule has 1 N–H and O–H groups in total. The van der Waals surface area contributed by atoms with E-state index >= 15 is 0 Å². The van der Waals surface area contributed by atoms with Crippen LogP contribution < -0.4 is 4.90 Å². The van der Waals surface area contributed by atoms with Crippen molar-refractivity contribution in [1.82, 2.24) is 4.90 Å². The van der Waals surface area contributed by atoms with Crippen molar-refractivity contribution in [2.45, 2.75) is 59.5 Å². The van der Waals surface area contributed by atoms with Crippen LogP contribution in [0, 0.1) is 29.1 Å². The molecule has 0 unspecified atom stereocenters. The Balaban J connectivity index is 1.93. The molecule has 7 nitrogen and oxygen atoms in total. The van der Waals surface area contributed by atoms with Crippen molar-refractivity contribution < 1.29 is 24.2 Å². The fourth-order valence-electron chi connectivity index (χ4n) is 4.08. The monoisotopic (exact) mass is 474 g/mol. The second kappa shape index (κ2) is 10.3. The summed E-state index contributed by atoms with van der Waals surface area (Å²) in [5.41, 5.74) is 0.0270. The Bertz CT molecular complexity index is 954. The number of hydrogen-bond acceptors (Lipinski definition) is 5. The number of nitrogens with zero attached hydrogens (tertiary/aromatic N) is 2. The van der Waals surface area contributed by atoms with Gasteiger partial charge in [-0.3, -0.25) is 9.59 Å². The van der Waals surface area contributed by atoms with Gasteiger partial charge in [0.25, 0.3) is 0 Å². The van der Waals surface area contributed by atoms with Gasteiger partial charge in [-0.05, 0) is 58.4 Å². The molecule has 1 saturated heterocycles. The predicted molar refractivity (Wildman–Crippen MR) is 128 cm³/mol. The molecule has 1 aromatic heterocycles. The third kappa shape index (κ3) is 6.36. The highest BCUT2D eigenvalue weighted by molar-refractivity contribution is 7.15. The van der Waals surface area contributed by atoms with E-state index in [0.717, 1.165) is 37.0 Å². The first-order valence-corrected chi connectivity index (χ1v) is 12.3. The van der Waals surface area contributed by atoms with E-state index in [1.165, 1.54) is 4.90 Å². The Hall–Kier alpha value is -2.37. The minimum atomic E-state index is -1.12. The molecule has 0 atom stereocenters. The van der Waals surface area contributed by atoms with Crippen LogP contribution in [0.15, 0.2) is 6.07 Å². The molecule has 2 fully saturated rings. The van der Waals surface area contributed by atoms with Crippen LogP contribution in [0.5, 0.6) is 0 Å². The van der Waals surface area contributed by atoms with E-state index in [1.54, 1.807) is 18.1 Å². The molecule has 33 heavy (non-hydrogen) atoms. The van der Waals surface area contributed by atoms with Crippen molar-refractivity contribution in [2.24, 2.45) is 17.3 Å². The van der Waals surface area contributed by atoms with E-state index in [2.05, 4.69) is 18.8 Å². The van der Waals surface area contributed by atoms with Crippen LogP contribution >= 0.6 is 11.3 Å². The number of carboxylic acids is 1. The molecule has 0 radical (unpaired) electrons. The summed E-state index contributed by atoms with van der Waals surface area (Å²) in [6.07, 6.45) is 3.43. The Labute approximate surface area is 200 Å². The smallest absolute Gasteiger partial charge is 0.348 e. The van der Waals surface area contributed by atoms with Gasteiger partial charge in [-0.15, -0.1) is 11.3 Å². The van der Waals surface area contributed by atoms with Crippen LogP contribution in [0.2, 0.25) is 0 Å². The number of carboxylic acid groups (broad SMARTS) is 1. The van der Waals surface area contributed by atoms with Crippen LogP contribution in [0.25, 0.3) is 0 Å². The van der Waals surface area contributed by atoms with Gasteiger partial charge in [-0.25, -0.2) is 4.79 Å². The SMILES string of the molecule is COC1CN(C(=O)CN(c2cc(C#CC(C)(C)C)sc2C(=O)O)C(=O)[C@H]2CC[C@H](C)CC2)C1. The molecule has 2 aliphatic rings. The number of aromatic carboxylic acids is 1. The van der Waals surface area contributed by atoms with Crippen molar-refractivity contribution in [3.05, 3.63) is 15.8 Å². The van der Waals surface area contributed by atoms with E-state index in [-0.39, 0.29) is 46.4 Å².